The fraction of sp³-hybridized carbons (Fsp3) is 0.833. The molecule has 1 rings (SSSR count). The van der Waals surface area contributed by atoms with Gasteiger partial charge in [-0.1, -0.05) is 26.8 Å². The minimum Gasteiger partial charge on any atom is -0.103 e. The molecule has 0 saturated heterocycles. The summed E-state index contributed by atoms with van der Waals surface area (Å²) in [4.78, 5) is 0. The average Bonchev–Trinajstić information content (AvgIpc) is 2.65. The first-order valence-corrected chi connectivity index (χ1v) is 5.26. The van der Waals surface area contributed by atoms with Crippen LogP contribution in [0.5, 0.6) is 0 Å². The lowest BCUT2D eigenvalue weighted by Crippen LogP contribution is -2.01. The standard InChI is InChI=1S/C12H22/c1-5-11-8-12(11)7-10(4)6-9(2)3/h5,9-12H,1,6-8H2,2-4H3. The maximum atomic E-state index is 3.84. The second-order valence-corrected chi connectivity index (χ2v) is 4.87. The molecule has 0 heteroatoms. The normalized spacial score (nSPS) is 30.3. The van der Waals surface area contributed by atoms with Crippen molar-refractivity contribution < 1.29 is 0 Å². The van der Waals surface area contributed by atoms with Crippen LogP contribution in [-0.2, 0) is 0 Å². The molecule has 0 amide bonds. The molecule has 0 N–H and O–H groups in total. The van der Waals surface area contributed by atoms with Crippen LogP contribution in [0, 0.1) is 23.7 Å². The van der Waals surface area contributed by atoms with E-state index in [9.17, 15) is 0 Å². The maximum absolute atomic E-state index is 3.84. The van der Waals surface area contributed by atoms with Gasteiger partial charge in [0.15, 0.2) is 0 Å². The molecule has 3 unspecified atom stereocenters. The molecule has 0 aliphatic heterocycles. The lowest BCUT2D eigenvalue weighted by atomic mass is 9.93. The zero-order chi connectivity index (χ0) is 9.14. The van der Waals surface area contributed by atoms with Gasteiger partial charge in [-0.3, -0.25) is 0 Å². The van der Waals surface area contributed by atoms with Crippen molar-refractivity contribution in [2.75, 3.05) is 0 Å². The van der Waals surface area contributed by atoms with Crippen LogP contribution in [0.1, 0.15) is 40.0 Å². The quantitative estimate of drug-likeness (QED) is 0.544. The Balaban J connectivity index is 2.11. The van der Waals surface area contributed by atoms with Gasteiger partial charge in [0.25, 0.3) is 0 Å². The van der Waals surface area contributed by atoms with E-state index >= 15 is 0 Å². The molecule has 12 heavy (non-hydrogen) atoms. The predicted molar refractivity (Wildman–Crippen MR) is 55.0 cm³/mol. The number of rotatable bonds is 5. The summed E-state index contributed by atoms with van der Waals surface area (Å²) in [5.41, 5.74) is 0. The Hall–Kier alpha value is -0.260. The minimum absolute atomic E-state index is 0.861. The molecule has 1 fully saturated rings. The van der Waals surface area contributed by atoms with Crippen molar-refractivity contribution in [2.24, 2.45) is 23.7 Å². The largest absolute Gasteiger partial charge is 0.103 e. The van der Waals surface area contributed by atoms with Gasteiger partial charge in [0.1, 0.15) is 0 Å². The third kappa shape index (κ3) is 3.00. The second-order valence-electron chi connectivity index (χ2n) is 4.87. The topological polar surface area (TPSA) is 0 Å². The highest BCUT2D eigenvalue weighted by Gasteiger charge is 2.34. The number of hydrogen-bond donors (Lipinski definition) is 0. The van der Waals surface area contributed by atoms with Crippen molar-refractivity contribution in [1.29, 1.82) is 0 Å². The molecule has 0 aromatic carbocycles. The summed E-state index contributed by atoms with van der Waals surface area (Å²) in [5.74, 6) is 3.62. The van der Waals surface area contributed by atoms with Crippen LogP contribution in [0.15, 0.2) is 12.7 Å². The zero-order valence-corrected chi connectivity index (χ0v) is 8.72. The summed E-state index contributed by atoms with van der Waals surface area (Å²) in [6, 6.07) is 0. The first-order valence-electron chi connectivity index (χ1n) is 5.26. The van der Waals surface area contributed by atoms with Crippen molar-refractivity contribution >= 4 is 0 Å². The van der Waals surface area contributed by atoms with Gasteiger partial charge in [0.2, 0.25) is 0 Å². The van der Waals surface area contributed by atoms with Crippen LogP contribution in [0.2, 0.25) is 0 Å². The summed E-state index contributed by atoms with van der Waals surface area (Å²) >= 11 is 0. The molecule has 1 aliphatic rings. The molecule has 0 aromatic heterocycles. The molecule has 0 radical (unpaired) electrons. The van der Waals surface area contributed by atoms with E-state index in [1.54, 1.807) is 0 Å². The molecule has 0 aromatic rings. The van der Waals surface area contributed by atoms with Crippen molar-refractivity contribution in [1.82, 2.24) is 0 Å². The number of hydrogen-bond acceptors (Lipinski definition) is 0. The third-order valence-electron chi connectivity index (χ3n) is 2.86. The summed E-state index contributed by atoms with van der Waals surface area (Å²) < 4.78 is 0. The molecule has 0 heterocycles. The first-order chi connectivity index (χ1) is 5.63. The van der Waals surface area contributed by atoms with Gasteiger partial charge in [0.05, 0.1) is 0 Å². The molecule has 1 aliphatic carbocycles. The van der Waals surface area contributed by atoms with Crippen LogP contribution in [0.3, 0.4) is 0 Å². The van der Waals surface area contributed by atoms with Gasteiger partial charge < -0.3 is 0 Å². The molecule has 3 atom stereocenters. The van der Waals surface area contributed by atoms with Gasteiger partial charge in [0, 0.05) is 0 Å². The molecular formula is C12H22. The molecule has 0 spiro atoms. The van der Waals surface area contributed by atoms with Gasteiger partial charge in [-0.15, -0.1) is 6.58 Å². The number of allylic oxidation sites excluding steroid dienone is 1. The van der Waals surface area contributed by atoms with Crippen LogP contribution >= 0.6 is 0 Å². The van der Waals surface area contributed by atoms with E-state index in [1.807, 2.05) is 0 Å². The smallest absolute Gasteiger partial charge is 0.0205 e. The SMILES string of the molecule is C=CC1CC1CC(C)CC(C)C. The maximum Gasteiger partial charge on any atom is -0.0205 e. The van der Waals surface area contributed by atoms with E-state index in [0.717, 1.165) is 23.7 Å². The highest BCUT2D eigenvalue weighted by atomic mass is 14.4. The van der Waals surface area contributed by atoms with Crippen LogP contribution in [0.4, 0.5) is 0 Å². The van der Waals surface area contributed by atoms with Gasteiger partial charge >= 0.3 is 0 Å². The second kappa shape index (κ2) is 4.11. The summed E-state index contributed by atoms with van der Waals surface area (Å²) in [6.07, 6.45) is 6.36. The first kappa shape index (κ1) is 9.83. The molecule has 70 valence electrons. The lowest BCUT2D eigenvalue weighted by molar-refractivity contribution is 0.393. The molecule has 0 bridgehead atoms. The average molecular weight is 166 g/mol. The van der Waals surface area contributed by atoms with Crippen molar-refractivity contribution in [2.45, 2.75) is 40.0 Å². The van der Waals surface area contributed by atoms with Crippen LogP contribution in [-0.4, -0.2) is 0 Å². The Morgan fingerprint density at radius 1 is 1.42 bits per heavy atom. The summed E-state index contributed by atoms with van der Waals surface area (Å²) in [6.45, 7) is 10.9. The summed E-state index contributed by atoms with van der Waals surface area (Å²) in [5, 5.41) is 0. The Morgan fingerprint density at radius 3 is 2.50 bits per heavy atom. The third-order valence-corrected chi connectivity index (χ3v) is 2.86. The highest BCUT2D eigenvalue weighted by Crippen LogP contribution is 2.44. The minimum atomic E-state index is 0.861. The van der Waals surface area contributed by atoms with Crippen LogP contribution in [0.25, 0.3) is 0 Å². The van der Waals surface area contributed by atoms with Crippen molar-refractivity contribution in [3.05, 3.63) is 12.7 Å². The summed E-state index contributed by atoms with van der Waals surface area (Å²) in [7, 11) is 0. The van der Waals surface area contributed by atoms with Gasteiger partial charge in [-0.2, -0.15) is 0 Å². The van der Waals surface area contributed by atoms with E-state index < -0.39 is 0 Å². The molecule has 1 saturated carbocycles. The fourth-order valence-electron chi connectivity index (χ4n) is 2.25. The Morgan fingerprint density at radius 2 is 2.08 bits per heavy atom. The zero-order valence-electron chi connectivity index (χ0n) is 8.72. The van der Waals surface area contributed by atoms with E-state index in [4.69, 9.17) is 0 Å². The Labute approximate surface area is 77.1 Å². The van der Waals surface area contributed by atoms with E-state index in [2.05, 4.69) is 33.4 Å². The van der Waals surface area contributed by atoms with Crippen molar-refractivity contribution in [3.8, 4) is 0 Å². The highest BCUT2D eigenvalue weighted by molar-refractivity contribution is 4.98. The monoisotopic (exact) mass is 166 g/mol. The predicted octanol–water partition coefficient (Wildman–Crippen LogP) is 3.88. The fourth-order valence-corrected chi connectivity index (χ4v) is 2.25. The van der Waals surface area contributed by atoms with Gasteiger partial charge in [-0.25, -0.2) is 0 Å². The Kier molecular flexibility index (Phi) is 3.37. The van der Waals surface area contributed by atoms with Crippen LogP contribution < -0.4 is 0 Å². The van der Waals surface area contributed by atoms with E-state index in [1.165, 1.54) is 19.3 Å². The molecule has 0 nitrogen and oxygen atoms in total. The molecular weight excluding hydrogens is 144 g/mol. The van der Waals surface area contributed by atoms with E-state index in [0.29, 0.717) is 0 Å². The van der Waals surface area contributed by atoms with Crippen molar-refractivity contribution in [3.63, 3.8) is 0 Å². The lowest BCUT2D eigenvalue weighted by Gasteiger charge is -2.12. The van der Waals surface area contributed by atoms with Gasteiger partial charge in [-0.05, 0) is 42.9 Å². The Bertz CT molecular complexity index is 146. The van der Waals surface area contributed by atoms with E-state index in [-0.39, 0.29) is 0 Å².